The summed E-state index contributed by atoms with van der Waals surface area (Å²) in [7, 11) is 1.63. The van der Waals surface area contributed by atoms with Crippen molar-refractivity contribution >= 4 is 40.8 Å². The van der Waals surface area contributed by atoms with E-state index in [4.69, 9.17) is 28.5 Å². The van der Waals surface area contributed by atoms with E-state index in [1.807, 2.05) is 12.1 Å². The van der Waals surface area contributed by atoms with Crippen LogP contribution in [0.4, 0.5) is 10.5 Å². The van der Waals surface area contributed by atoms with E-state index in [1.165, 1.54) is 4.90 Å². The van der Waals surface area contributed by atoms with Crippen LogP contribution in [0.2, 0.25) is 10.0 Å². The van der Waals surface area contributed by atoms with Crippen molar-refractivity contribution in [1.29, 1.82) is 5.26 Å². The number of hydrogen-bond acceptors (Lipinski definition) is 4. The second-order valence-corrected chi connectivity index (χ2v) is 7.82. The number of carbonyl (C=O) groups is 2. The summed E-state index contributed by atoms with van der Waals surface area (Å²) in [4.78, 5) is 29.2. The highest BCUT2D eigenvalue weighted by Crippen LogP contribution is 2.44. The quantitative estimate of drug-likeness (QED) is 0.763. The molecule has 2 heterocycles. The molecule has 2 aliphatic rings. The number of nitrogens with zero attached hydrogens (tertiary/aromatic N) is 3. The highest BCUT2D eigenvalue weighted by molar-refractivity contribution is 6.35. The molecule has 4 rings (SSSR count). The van der Waals surface area contributed by atoms with Gasteiger partial charge in [0, 0.05) is 36.1 Å². The average molecular weight is 415 g/mol. The van der Waals surface area contributed by atoms with Crippen LogP contribution in [0.15, 0.2) is 42.5 Å². The summed E-state index contributed by atoms with van der Waals surface area (Å²) in [5, 5.41) is 13.0. The predicted octanol–water partition coefficient (Wildman–Crippen LogP) is 3.39. The number of anilines is 1. The van der Waals surface area contributed by atoms with Crippen molar-refractivity contribution in [1.82, 2.24) is 10.2 Å². The largest absolute Gasteiger partial charge is 0.332 e. The van der Waals surface area contributed by atoms with E-state index >= 15 is 0 Å². The van der Waals surface area contributed by atoms with Gasteiger partial charge in [0.25, 0.3) is 5.91 Å². The number of urea groups is 1. The van der Waals surface area contributed by atoms with Gasteiger partial charge in [-0.25, -0.2) is 9.69 Å². The molecule has 0 aromatic heterocycles. The van der Waals surface area contributed by atoms with E-state index in [2.05, 4.69) is 11.4 Å². The summed E-state index contributed by atoms with van der Waals surface area (Å²) < 4.78 is 0. The highest BCUT2D eigenvalue weighted by atomic mass is 35.5. The molecule has 142 valence electrons. The topological polar surface area (TPSA) is 76.4 Å². The molecule has 2 saturated heterocycles. The van der Waals surface area contributed by atoms with Crippen molar-refractivity contribution in [2.45, 2.75) is 11.5 Å². The van der Waals surface area contributed by atoms with Gasteiger partial charge < -0.3 is 10.2 Å². The molecule has 1 unspecified atom stereocenters. The Morgan fingerprint density at radius 1 is 1.14 bits per heavy atom. The van der Waals surface area contributed by atoms with Gasteiger partial charge in [-0.15, -0.1) is 0 Å². The Hall–Kier alpha value is -2.59. The van der Waals surface area contributed by atoms with Crippen LogP contribution < -0.4 is 10.2 Å². The normalized spacial score (nSPS) is 24.3. The first-order valence-corrected chi connectivity index (χ1v) is 9.43. The molecule has 2 aromatic carbocycles. The molecule has 2 aromatic rings. The van der Waals surface area contributed by atoms with Gasteiger partial charge in [0.15, 0.2) is 0 Å². The third-order valence-corrected chi connectivity index (χ3v) is 5.95. The van der Waals surface area contributed by atoms with Crippen LogP contribution in [-0.4, -0.2) is 42.5 Å². The average Bonchev–Trinajstić information content (AvgIpc) is 3.19. The molecule has 28 heavy (non-hydrogen) atoms. The molecule has 0 bridgehead atoms. The van der Waals surface area contributed by atoms with Crippen molar-refractivity contribution in [2.75, 3.05) is 25.0 Å². The zero-order chi connectivity index (χ0) is 20.1. The van der Waals surface area contributed by atoms with Crippen molar-refractivity contribution < 1.29 is 9.59 Å². The number of carbonyl (C=O) groups excluding carboxylic acids is 2. The molecule has 0 saturated carbocycles. The van der Waals surface area contributed by atoms with Crippen LogP contribution in [0.5, 0.6) is 0 Å². The number of amides is 3. The van der Waals surface area contributed by atoms with Gasteiger partial charge in [0.2, 0.25) is 0 Å². The second-order valence-electron chi connectivity index (χ2n) is 6.95. The van der Waals surface area contributed by atoms with Crippen molar-refractivity contribution in [3.63, 3.8) is 0 Å². The van der Waals surface area contributed by atoms with Gasteiger partial charge in [-0.05, 0) is 35.9 Å². The Labute approximate surface area is 172 Å². The van der Waals surface area contributed by atoms with Crippen LogP contribution in [0.25, 0.3) is 0 Å². The zero-order valence-electron chi connectivity index (χ0n) is 14.9. The molecule has 3 amide bonds. The number of likely N-dealkylation sites (N-methyl/N-ethyl adjacent to an activating group) is 1. The molecule has 0 radical (unpaired) electrons. The monoisotopic (exact) mass is 414 g/mol. The fraction of sp³-hybridized carbons (Fsp3) is 0.250. The first-order chi connectivity index (χ1) is 13.4. The van der Waals surface area contributed by atoms with E-state index in [0.29, 0.717) is 34.4 Å². The van der Waals surface area contributed by atoms with Crippen molar-refractivity contribution in [3.8, 4) is 6.07 Å². The Bertz CT molecular complexity index is 998. The highest BCUT2D eigenvalue weighted by Gasteiger charge is 2.62. The summed E-state index contributed by atoms with van der Waals surface area (Å²) in [5.41, 5.74) is 0.728. The lowest BCUT2D eigenvalue weighted by Crippen LogP contribution is -2.53. The van der Waals surface area contributed by atoms with Crippen LogP contribution in [0.1, 0.15) is 17.0 Å². The number of halogens is 2. The van der Waals surface area contributed by atoms with Crippen molar-refractivity contribution in [3.05, 3.63) is 63.6 Å². The van der Waals surface area contributed by atoms with E-state index < -0.39 is 11.6 Å². The molecule has 6 nitrogen and oxygen atoms in total. The first kappa shape index (κ1) is 18.8. The number of hydrogen-bond donors (Lipinski definition) is 1. The minimum Gasteiger partial charge on any atom is -0.313 e. The van der Waals surface area contributed by atoms with Gasteiger partial charge in [-0.1, -0.05) is 35.3 Å². The minimum absolute atomic E-state index is 0.249. The maximum Gasteiger partial charge on any atom is 0.332 e. The molecule has 8 heteroatoms. The Morgan fingerprint density at radius 2 is 1.79 bits per heavy atom. The van der Waals surface area contributed by atoms with Crippen LogP contribution in [-0.2, 0) is 4.79 Å². The third-order valence-electron chi connectivity index (χ3n) is 5.52. The third kappa shape index (κ3) is 2.67. The summed E-state index contributed by atoms with van der Waals surface area (Å²) in [6, 6.07) is 13.4. The molecular weight excluding hydrogens is 399 g/mol. The first-order valence-electron chi connectivity index (χ1n) is 8.67. The van der Waals surface area contributed by atoms with Crippen LogP contribution in [0, 0.1) is 11.3 Å². The van der Waals surface area contributed by atoms with Crippen molar-refractivity contribution in [2.24, 2.45) is 0 Å². The second kappa shape index (κ2) is 6.78. The number of benzene rings is 2. The fourth-order valence-corrected chi connectivity index (χ4v) is 4.61. The number of nitriles is 1. The summed E-state index contributed by atoms with van der Waals surface area (Å²) in [6.07, 6.45) is 0. The maximum atomic E-state index is 13.6. The molecule has 0 aliphatic carbocycles. The van der Waals surface area contributed by atoms with Crippen LogP contribution >= 0.6 is 23.2 Å². The minimum atomic E-state index is -1.06. The summed E-state index contributed by atoms with van der Waals surface area (Å²) in [5.74, 6) is -0.570. The standard InChI is InChI=1S/C20H16Cl2N4O2/c1-25-19(28)26(16-7-14(21)6-15(22)8-16)18(27)20(25)11-24-10-17(20)13-4-2-12(9-23)3-5-13/h2-8,17,24H,10-11H2,1H3/t17?,20-/m1/s1. The van der Waals surface area contributed by atoms with Gasteiger partial charge in [-0.3, -0.25) is 4.79 Å². The molecule has 2 aliphatic heterocycles. The smallest absolute Gasteiger partial charge is 0.313 e. The van der Waals surface area contributed by atoms with Gasteiger partial charge in [-0.2, -0.15) is 5.26 Å². The lowest BCUT2D eigenvalue weighted by molar-refractivity contribution is -0.124. The van der Waals surface area contributed by atoms with E-state index in [0.717, 1.165) is 10.5 Å². The predicted molar refractivity (Wildman–Crippen MR) is 107 cm³/mol. The maximum absolute atomic E-state index is 13.6. The van der Waals surface area contributed by atoms with Gasteiger partial charge >= 0.3 is 6.03 Å². The van der Waals surface area contributed by atoms with Crippen LogP contribution in [0.3, 0.4) is 0 Å². The molecule has 2 atom stereocenters. The SMILES string of the molecule is CN1C(=O)N(c2cc(Cl)cc(Cl)c2)C(=O)[C@]12CNCC2c1ccc(C#N)cc1. The number of imide groups is 1. The van der Waals surface area contributed by atoms with Gasteiger partial charge in [0.05, 0.1) is 17.3 Å². The number of nitrogens with one attached hydrogen (secondary N) is 1. The van der Waals surface area contributed by atoms with E-state index in [9.17, 15) is 9.59 Å². The lowest BCUT2D eigenvalue weighted by Gasteiger charge is -2.33. The fourth-order valence-electron chi connectivity index (χ4n) is 4.10. The summed E-state index contributed by atoms with van der Waals surface area (Å²) >= 11 is 12.2. The molecule has 2 fully saturated rings. The summed E-state index contributed by atoms with van der Waals surface area (Å²) in [6.45, 7) is 0.878. The Morgan fingerprint density at radius 3 is 2.39 bits per heavy atom. The molecular formula is C20H16Cl2N4O2. The zero-order valence-corrected chi connectivity index (χ0v) is 16.5. The molecule has 1 spiro atoms. The van der Waals surface area contributed by atoms with E-state index in [-0.39, 0.29) is 11.8 Å². The Kier molecular flexibility index (Phi) is 4.54. The van der Waals surface area contributed by atoms with E-state index in [1.54, 1.807) is 37.4 Å². The molecule has 1 N–H and O–H groups in total. The number of rotatable bonds is 2. The Balaban J connectivity index is 1.78. The lowest BCUT2D eigenvalue weighted by atomic mass is 9.80. The van der Waals surface area contributed by atoms with Gasteiger partial charge in [0.1, 0.15) is 5.54 Å².